The molecule has 282 valence electrons. The number of ketones is 1. The van der Waals surface area contributed by atoms with E-state index in [0.717, 1.165) is 47.5 Å². The maximum absolute atomic E-state index is 12.8. The van der Waals surface area contributed by atoms with Crippen LogP contribution in [0, 0.1) is 0 Å². The van der Waals surface area contributed by atoms with Crippen LogP contribution in [-0.4, -0.2) is 54.2 Å². The fourth-order valence-corrected chi connectivity index (χ4v) is 4.35. The second-order valence-corrected chi connectivity index (χ2v) is 11.1. The number of carboxylic acid groups (broad SMARTS) is 1. The van der Waals surface area contributed by atoms with Crippen molar-refractivity contribution >= 4 is 23.8 Å². The van der Waals surface area contributed by atoms with Crippen LogP contribution >= 0.6 is 0 Å². The number of alkyl carbamates (subject to hydrolysis) is 1. The number of nitrogens with one attached hydrogen (secondary N) is 2. The Balaban J connectivity index is 0.000000286. The molecule has 0 saturated carbocycles. The molecule has 0 heterocycles. The highest BCUT2D eigenvalue weighted by Crippen LogP contribution is 2.37. The van der Waals surface area contributed by atoms with E-state index in [-0.39, 0.29) is 13.0 Å². The lowest BCUT2D eigenvalue weighted by Gasteiger charge is -2.20. The summed E-state index contributed by atoms with van der Waals surface area (Å²) in [7, 11) is 0. The molecule has 0 radical (unpaired) electrons. The van der Waals surface area contributed by atoms with Gasteiger partial charge in [-0.1, -0.05) is 84.9 Å². The molecule has 4 aromatic rings. The van der Waals surface area contributed by atoms with Crippen molar-refractivity contribution in [3.05, 3.63) is 131 Å². The summed E-state index contributed by atoms with van der Waals surface area (Å²) in [6.07, 6.45) is -9.87. The molecule has 16 heteroatoms. The molecule has 10 nitrogen and oxygen atoms in total. The highest BCUT2D eigenvalue weighted by Gasteiger charge is 2.35. The lowest BCUT2D eigenvalue weighted by molar-refractivity contribution is -0.141. The maximum atomic E-state index is 12.8. The molecule has 2 atom stereocenters. The summed E-state index contributed by atoms with van der Waals surface area (Å²) in [6.45, 7) is -0.131. The Labute approximate surface area is 299 Å². The number of carboxylic acids is 1. The zero-order chi connectivity index (χ0) is 39.0. The molecule has 0 saturated heterocycles. The Morgan fingerprint density at radius 2 is 1.08 bits per heavy atom. The number of ether oxygens (including phenoxy) is 3. The lowest BCUT2D eigenvalue weighted by atomic mass is 10.1. The molecule has 0 aromatic heterocycles. The van der Waals surface area contributed by atoms with Crippen LogP contribution in [0.5, 0.6) is 11.5 Å². The predicted octanol–water partition coefficient (Wildman–Crippen LogP) is 6.86. The minimum absolute atomic E-state index is 0.0673. The van der Waals surface area contributed by atoms with Gasteiger partial charge in [0, 0.05) is 6.42 Å². The van der Waals surface area contributed by atoms with Gasteiger partial charge < -0.3 is 30.0 Å². The molecule has 0 aliphatic rings. The van der Waals surface area contributed by atoms with Gasteiger partial charge in [0.05, 0.1) is 11.1 Å². The van der Waals surface area contributed by atoms with Gasteiger partial charge in [-0.25, -0.2) is 4.79 Å². The van der Waals surface area contributed by atoms with Crippen LogP contribution in [0.3, 0.4) is 0 Å². The number of carbonyl (C=O) groups is 4. The summed E-state index contributed by atoms with van der Waals surface area (Å²) in [5, 5.41) is 13.9. The number of benzene rings is 4. The summed E-state index contributed by atoms with van der Waals surface area (Å²) in [4.78, 5) is 47.2. The van der Waals surface area contributed by atoms with Gasteiger partial charge in [-0.2, -0.15) is 26.3 Å². The van der Waals surface area contributed by atoms with Crippen LogP contribution in [0.4, 0.5) is 31.1 Å². The van der Waals surface area contributed by atoms with E-state index in [1.54, 1.807) is 0 Å². The number of alkyl halides is 6. The van der Waals surface area contributed by atoms with E-state index in [1.165, 1.54) is 19.1 Å². The van der Waals surface area contributed by atoms with Gasteiger partial charge in [-0.3, -0.25) is 14.4 Å². The molecular weight excluding hydrogens is 714 g/mol. The molecule has 0 aliphatic carbocycles. The fourth-order valence-electron chi connectivity index (χ4n) is 4.35. The van der Waals surface area contributed by atoms with E-state index in [4.69, 9.17) is 19.3 Å². The van der Waals surface area contributed by atoms with Crippen molar-refractivity contribution in [2.24, 2.45) is 0 Å². The Hall–Kier alpha value is -6.06. The average molecular weight is 749 g/mol. The summed E-state index contributed by atoms with van der Waals surface area (Å²) in [5.74, 6) is -3.68. The van der Waals surface area contributed by atoms with Crippen LogP contribution in [0.1, 0.15) is 29.2 Å². The number of rotatable bonds is 14. The summed E-state index contributed by atoms with van der Waals surface area (Å²) >= 11 is 0. The second-order valence-electron chi connectivity index (χ2n) is 11.1. The summed E-state index contributed by atoms with van der Waals surface area (Å²) < 4.78 is 91.6. The standard InChI is InChI=1S/C20H22N2O5.C17H12F6O3/c1-14(19(24)25)21-18(23)17(12-15-8-4-2-5-9-15)22-20(26)27-13-16-10-6-3-7-11-16;18-16(19,20)12-5-1-3-7-14(12)25-9-11(24)10-26-15-8-4-2-6-13(15)17(21,22)23/h2-11,14,17H,12-13H2,1H3,(H,21,23)(H,22,26)(H,24,25);1-8H,9-10H2/t14-,17-;/m0./s1. The molecular formula is C37H34F6N2O8. The Morgan fingerprint density at radius 3 is 1.53 bits per heavy atom. The first-order chi connectivity index (χ1) is 25.0. The van der Waals surface area contributed by atoms with Crippen molar-refractivity contribution in [2.45, 2.75) is 44.4 Å². The number of aliphatic carboxylic acids is 1. The first-order valence-corrected chi connectivity index (χ1v) is 15.7. The first-order valence-electron chi connectivity index (χ1n) is 15.7. The van der Waals surface area contributed by atoms with Crippen LogP contribution in [0.15, 0.2) is 109 Å². The lowest BCUT2D eigenvalue weighted by Crippen LogP contribution is -2.51. The van der Waals surface area contributed by atoms with Crippen LogP contribution < -0.4 is 20.1 Å². The van der Waals surface area contributed by atoms with Crippen molar-refractivity contribution in [2.75, 3.05) is 13.2 Å². The molecule has 4 aromatic carbocycles. The number of halogens is 6. The van der Waals surface area contributed by atoms with Crippen LogP contribution in [-0.2, 0) is 44.5 Å². The monoisotopic (exact) mass is 748 g/mol. The SMILES string of the molecule is C[C@H](NC(=O)[C@H](Cc1ccccc1)NC(=O)OCc1ccccc1)C(=O)O.O=C(COc1ccccc1C(F)(F)F)COc1ccccc1C(F)(F)F. The van der Waals surface area contributed by atoms with Crippen molar-refractivity contribution in [1.29, 1.82) is 0 Å². The summed E-state index contributed by atoms with van der Waals surface area (Å²) in [5.41, 5.74) is -0.479. The van der Waals surface area contributed by atoms with Gasteiger partial charge in [0.25, 0.3) is 0 Å². The van der Waals surface area contributed by atoms with E-state index in [9.17, 15) is 45.5 Å². The summed E-state index contributed by atoms with van der Waals surface area (Å²) in [6, 6.07) is 24.8. The van der Waals surface area contributed by atoms with E-state index in [1.807, 2.05) is 60.7 Å². The Kier molecular flexibility index (Phi) is 15.2. The average Bonchev–Trinajstić information content (AvgIpc) is 3.12. The van der Waals surface area contributed by atoms with Gasteiger partial charge in [0.1, 0.15) is 30.2 Å². The van der Waals surface area contributed by atoms with Gasteiger partial charge in [-0.15, -0.1) is 0 Å². The fraction of sp³-hybridized carbons (Fsp3) is 0.243. The second kappa shape index (κ2) is 19.5. The number of hydrogen-bond donors (Lipinski definition) is 3. The van der Waals surface area contributed by atoms with Crippen molar-refractivity contribution in [3.8, 4) is 11.5 Å². The molecule has 0 fully saturated rings. The van der Waals surface area contributed by atoms with Crippen LogP contribution in [0.2, 0.25) is 0 Å². The molecule has 0 bridgehead atoms. The number of carbonyl (C=O) groups excluding carboxylic acids is 3. The minimum atomic E-state index is -4.66. The maximum Gasteiger partial charge on any atom is 0.419 e. The van der Waals surface area contributed by atoms with Crippen LogP contribution in [0.25, 0.3) is 0 Å². The smallest absolute Gasteiger partial charge is 0.419 e. The number of amides is 2. The zero-order valence-corrected chi connectivity index (χ0v) is 27.9. The molecule has 0 spiro atoms. The minimum Gasteiger partial charge on any atom is -0.485 e. The molecule has 53 heavy (non-hydrogen) atoms. The van der Waals surface area contributed by atoms with E-state index in [0.29, 0.717) is 0 Å². The first kappa shape index (κ1) is 41.4. The quantitative estimate of drug-likeness (QED) is 0.119. The van der Waals surface area contributed by atoms with E-state index >= 15 is 0 Å². The molecule has 2 amide bonds. The Bertz CT molecular complexity index is 1740. The van der Waals surface area contributed by atoms with Gasteiger partial charge in [-0.05, 0) is 42.3 Å². The molecule has 4 rings (SSSR count). The third-order valence-electron chi connectivity index (χ3n) is 7.00. The number of hydrogen-bond acceptors (Lipinski definition) is 7. The largest absolute Gasteiger partial charge is 0.485 e. The highest BCUT2D eigenvalue weighted by molar-refractivity contribution is 5.89. The Morgan fingerprint density at radius 1 is 0.642 bits per heavy atom. The van der Waals surface area contributed by atoms with Crippen molar-refractivity contribution in [1.82, 2.24) is 10.6 Å². The number of para-hydroxylation sites is 2. The predicted molar refractivity (Wildman–Crippen MR) is 178 cm³/mol. The van der Waals surface area contributed by atoms with Crippen molar-refractivity contribution < 1.29 is 64.8 Å². The van der Waals surface area contributed by atoms with E-state index in [2.05, 4.69) is 10.6 Å². The normalized spacial score (nSPS) is 12.2. The van der Waals surface area contributed by atoms with E-state index < -0.39 is 84.0 Å². The van der Waals surface area contributed by atoms with Gasteiger partial charge >= 0.3 is 24.4 Å². The third-order valence-corrected chi connectivity index (χ3v) is 7.00. The molecule has 0 unspecified atom stereocenters. The van der Waals surface area contributed by atoms with Gasteiger partial charge in [0.2, 0.25) is 11.7 Å². The molecule has 0 aliphatic heterocycles. The zero-order valence-electron chi connectivity index (χ0n) is 27.9. The third kappa shape index (κ3) is 14.2. The topological polar surface area (TPSA) is 140 Å². The molecule has 3 N–H and O–H groups in total. The number of Topliss-reactive ketones (excluding diaryl/α,β-unsaturated/α-hetero) is 1. The van der Waals surface area contributed by atoms with Crippen molar-refractivity contribution in [3.63, 3.8) is 0 Å². The highest BCUT2D eigenvalue weighted by atomic mass is 19.4. The van der Waals surface area contributed by atoms with Gasteiger partial charge in [0.15, 0.2) is 13.2 Å².